The Morgan fingerprint density at radius 1 is 1.36 bits per heavy atom. The third-order valence-corrected chi connectivity index (χ3v) is 5.04. The van der Waals surface area contributed by atoms with Crippen molar-refractivity contribution in [1.29, 1.82) is 0 Å². The third-order valence-electron chi connectivity index (χ3n) is 4.16. The molecule has 0 aliphatic carbocycles. The lowest BCUT2D eigenvalue weighted by Gasteiger charge is -2.18. The number of carboxylic acid groups (broad SMARTS) is 1. The minimum Gasteiger partial charge on any atom is -0.481 e. The topological polar surface area (TPSA) is 75.4 Å². The predicted molar refractivity (Wildman–Crippen MR) is 83.1 cm³/mol. The van der Waals surface area contributed by atoms with Gasteiger partial charge in [-0.15, -0.1) is 11.3 Å². The average molecular weight is 373 g/mol. The Kier molecular flexibility index (Phi) is 4.31. The van der Waals surface area contributed by atoms with E-state index in [1.54, 1.807) is 24.6 Å². The van der Waals surface area contributed by atoms with Crippen LogP contribution in [0.3, 0.4) is 0 Å². The first-order valence-electron chi connectivity index (χ1n) is 7.34. The largest absolute Gasteiger partial charge is 0.481 e. The molecule has 1 aliphatic heterocycles. The summed E-state index contributed by atoms with van der Waals surface area (Å²) in [4.78, 5) is 25.6. The zero-order chi connectivity index (χ0) is 18.4. The van der Waals surface area contributed by atoms with Gasteiger partial charge in [-0.05, 0) is 11.4 Å². The van der Waals surface area contributed by atoms with Crippen LogP contribution in [-0.4, -0.2) is 50.9 Å². The van der Waals surface area contributed by atoms with E-state index in [0.29, 0.717) is 10.6 Å². The van der Waals surface area contributed by atoms with Crippen molar-refractivity contribution in [3.8, 4) is 10.6 Å². The summed E-state index contributed by atoms with van der Waals surface area (Å²) in [7, 11) is 1.61. The Labute approximate surface area is 144 Å². The van der Waals surface area contributed by atoms with Crippen molar-refractivity contribution in [2.24, 2.45) is 18.9 Å². The van der Waals surface area contributed by atoms with E-state index in [-0.39, 0.29) is 5.56 Å². The van der Waals surface area contributed by atoms with E-state index in [1.807, 2.05) is 0 Å². The van der Waals surface area contributed by atoms with Gasteiger partial charge in [0, 0.05) is 26.3 Å². The number of aliphatic carboxylic acids is 1. The monoisotopic (exact) mass is 373 g/mol. The first-order valence-corrected chi connectivity index (χ1v) is 8.22. The summed E-state index contributed by atoms with van der Waals surface area (Å²) >= 11 is 1.35. The minimum atomic E-state index is -4.68. The van der Waals surface area contributed by atoms with Gasteiger partial charge in [0.25, 0.3) is 5.91 Å². The SMILES string of the molecule is Cn1cc(C(=O)N2C[C@@H](C(F)(F)F)[C@H](C(=O)O)C2)c(-c2cccs2)n1. The van der Waals surface area contributed by atoms with Crippen molar-refractivity contribution < 1.29 is 27.9 Å². The van der Waals surface area contributed by atoms with Crippen molar-refractivity contribution in [3.05, 3.63) is 29.3 Å². The zero-order valence-electron chi connectivity index (χ0n) is 13.0. The van der Waals surface area contributed by atoms with Crippen molar-refractivity contribution in [2.75, 3.05) is 13.1 Å². The van der Waals surface area contributed by atoms with Gasteiger partial charge in [0.05, 0.1) is 22.3 Å². The molecule has 1 saturated heterocycles. The summed E-state index contributed by atoms with van der Waals surface area (Å²) in [5.74, 6) is -5.93. The molecule has 2 aromatic rings. The van der Waals surface area contributed by atoms with Crippen LogP contribution >= 0.6 is 11.3 Å². The Morgan fingerprint density at radius 3 is 2.60 bits per heavy atom. The zero-order valence-corrected chi connectivity index (χ0v) is 13.8. The molecule has 2 aromatic heterocycles. The van der Waals surface area contributed by atoms with Crippen molar-refractivity contribution in [3.63, 3.8) is 0 Å². The van der Waals surface area contributed by atoms with Crippen LogP contribution in [0.5, 0.6) is 0 Å². The normalized spacial score (nSPS) is 20.9. The standard InChI is InChI=1S/C15H14F3N3O3S/c1-20-5-9(12(19-20)11-3-2-4-25-11)13(22)21-6-8(14(23)24)10(7-21)15(16,17)18/h2-5,8,10H,6-7H2,1H3,(H,23,24)/t8-,10-/m1/s1. The molecule has 1 aliphatic rings. The van der Waals surface area contributed by atoms with E-state index >= 15 is 0 Å². The number of thiophene rings is 1. The summed E-state index contributed by atoms with van der Waals surface area (Å²) in [6, 6.07) is 3.53. The van der Waals surface area contributed by atoms with Gasteiger partial charge in [-0.3, -0.25) is 14.3 Å². The number of nitrogens with zero attached hydrogens (tertiary/aromatic N) is 3. The Hall–Kier alpha value is -2.36. The highest BCUT2D eigenvalue weighted by Crippen LogP contribution is 2.38. The Bertz CT molecular complexity index is 801. The molecule has 0 bridgehead atoms. The van der Waals surface area contributed by atoms with E-state index in [9.17, 15) is 22.8 Å². The first-order chi connectivity index (χ1) is 11.7. The van der Waals surface area contributed by atoms with Gasteiger partial charge in [-0.25, -0.2) is 0 Å². The number of aryl methyl sites for hydroxylation is 1. The van der Waals surface area contributed by atoms with E-state index < -0.39 is 43.0 Å². The molecular formula is C15H14F3N3O3S. The van der Waals surface area contributed by atoms with Crippen molar-refractivity contribution in [1.82, 2.24) is 14.7 Å². The summed E-state index contributed by atoms with van der Waals surface area (Å²) in [5, 5.41) is 15.1. The highest BCUT2D eigenvalue weighted by Gasteiger charge is 2.53. The van der Waals surface area contributed by atoms with Gasteiger partial charge in [0.15, 0.2) is 0 Å². The van der Waals surface area contributed by atoms with Crippen LogP contribution in [0.2, 0.25) is 0 Å². The molecule has 1 fully saturated rings. The highest BCUT2D eigenvalue weighted by atomic mass is 32.1. The molecule has 0 radical (unpaired) electrons. The smallest absolute Gasteiger partial charge is 0.394 e. The van der Waals surface area contributed by atoms with Crippen LogP contribution in [0, 0.1) is 11.8 Å². The number of hydrogen-bond donors (Lipinski definition) is 1. The second-order valence-electron chi connectivity index (χ2n) is 5.85. The number of carboxylic acids is 1. The number of aromatic nitrogens is 2. The number of rotatable bonds is 3. The number of likely N-dealkylation sites (tertiary alicyclic amines) is 1. The van der Waals surface area contributed by atoms with Crippen LogP contribution in [0.25, 0.3) is 10.6 Å². The minimum absolute atomic E-state index is 0.164. The summed E-state index contributed by atoms with van der Waals surface area (Å²) < 4.78 is 40.7. The number of hydrogen-bond acceptors (Lipinski definition) is 4. The molecule has 1 N–H and O–H groups in total. The second kappa shape index (κ2) is 6.17. The lowest BCUT2D eigenvalue weighted by Crippen LogP contribution is -2.34. The molecule has 10 heteroatoms. The summed E-state index contributed by atoms with van der Waals surface area (Å²) in [6.07, 6.45) is -3.24. The molecule has 0 unspecified atom stereocenters. The van der Waals surface area contributed by atoms with Crippen molar-refractivity contribution in [2.45, 2.75) is 6.18 Å². The molecule has 0 saturated carbocycles. The van der Waals surface area contributed by atoms with Gasteiger partial charge < -0.3 is 10.0 Å². The lowest BCUT2D eigenvalue weighted by molar-refractivity contribution is -0.187. The molecule has 3 heterocycles. The second-order valence-corrected chi connectivity index (χ2v) is 6.79. The maximum absolute atomic E-state index is 13.1. The first kappa shape index (κ1) is 17.5. The van der Waals surface area contributed by atoms with Crippen LogP contribution in [0.1, 0.15) is 10.4 Å². The summed E-state index contributed by atoms with van der Waals surface area (Å²) in [6.45, 7) is -1.14. The van der Waals surface area contributed by atoms with Crippen LogP contribution in [-0.2, 0) is 11.8 Å². The Morgan fingerprint density at radius 2 is 2.08 bits per heavy atom. The number of carbonyl (C=O) groups excluding carboxylic acids is 1. The van der Waals surface area contributed by atoms with Gasteiger partial charge >= 0.3 is 12.1 Å². The molecule has 25 heavy (non-hydrogen) atoms. The molecule has 0 aromatic carbocycles. The van der Waals surface area contributed by atoms with Crippen LogP contribution < -0.4 is 0 Å². The molecule has 3 rings (SSSR count). The fourth-order valence-electron chi connectivity index (χ4n) is 2.96. The van der Waals surface area contributed by atoms with E-state index in [1.165, 1.54) is 22.2 Å². The molecular weight excluding hydrogens is 359 g/mol. The highest BCUT2D eigenvalue weighted by molar-refractivity contribution is 7.13. The fourth-order valence-corrected chi connectivity index (χ4v) is 3.69. The molecule has 1 amide bonds. The fraction of sp³-hybridized carbons (Fsp3) is 0.400. The number of alkyl halides is 3. The van der Waals surface area contributed by atoms with Gasteiger partial charge in [0.1, 0.15) is 5.69 Å². The summed E-state index contributed by atoms with van der Waals surface area (Å²) in [5.41, 5.74) is 0.543. The average Bonchev–Trinajstić information content (AvgIpc) is 3.24. The van der Waals surface area contributed by atoms with Gasteiger partial charge in [-0.1, -0.05) is 6.07 Å². The van der Waals surface area contributed by atoms with E-state index in [4.69, 9.17) is 5.11 Å². The molecule has 6 nitrogen and oxygen atoms in total. The Balaban J connectivity index is 1.91. The molecule has 2 atom stereocenters. The van der Waals surface area contributed by atoms with Crippen molar-refractivity contribution >= 4 is 23.2 Å². The third kappa shape index (κ3) is 3.26. The number of amides is 1. The number of halogens is 3. The van der Waals surface area contributed by atoms with Crippen LogP contribution in [0.4, 0.5) is 13.2 Å². The quantitative estimate of drug-likeness (QED) is 0.897. The van der Waals surface area contributed by atoms with E-state index in [2.05, 4.69) is 5.10 Å². The van der Waals surface area contributed by atoms with Gasteiger partial charge in [-0.2, -0.15) is 18.3 Å². The van der Waals surface area contributed by atoms with E-state index in [0.717, 1.165) is 4.90 Å². The number of carbonyl (C=O) groups is 2. The molecule has 0 spiro atoms. The molecule has 134 valence electrons. The van der Waals surface area contributed by atoms with Gasteiger partial charge in [0.2, 0.25) is 0 Å². The maximum Gasteiger partial charge on any atom is 0.394 e. The lowest BCUT2D eigenvalue weighted by atomic mass is 9.96. The maximum atomic E-state index is 13.1. The van der Waals surface area contributed by atoms with Crippen LogP contribution in [0.15, 0.2) is 23.7 Å². The predicted octanol–water partition coefficient (Wildman–Crippen LogP) is 2.48.